The number of methoxy groups -OCH3 is 1. The molecular weight excluding hydrogens is 344 g/mol. The summed E-state index contributed by atoms with van der Waals surface area (Å²) in [6.45, 7) is 3.20. The number of nitrogens with zero attached hydrogens (tertiary/aromatic N) is 3. The topological polar surface area (TPSA) is 69.0 Å². The number of hydrogen-bond donors (Lipinski definition) is 1. The Balaban J connectivity index is 1.70. The van der Waals surface area contributed by atoms with Crippen molar-refractivity contribution in [3.8, 4) is 0 Å². The third-order valence-electron chi connectivity index (χ3n) is 3.34. The third kappa shape index (κ3) is 3.95. The molecule has 0 atom stereocenters. The minimum atomic E-state index is -0.0836. The number of rotatable bonds is 7. The summed E-state index contributed by atoms with van der Waals surface area (Å²) >= 11 is 2.85. The SMILES string of the molecule is COCCn1c(SCC(=O)Nc2nc(C)cs2)nc2ccccc21. The first-order chi connectivity index (χ1) is 11.7. The molecule has 0 unspecified atom stereocenters. The minimum Gasteiger partial charge on any atom is -0.383 e. The molecule has 24 heavy (non-hydrogen) atoms. The Kier molecular flexibility index (Phi) is 5.49. The Morgan fingerprint density at radius 3 is 2.96 bits per heavy atom. The highest BCUT2D eigenvalue weighted by atomic mass is 32.2. The second-order valence-electron chi connectivity index (χ2n) is 5.16. The fraction of sp³-hybridized carbons (Fsp3) is 0.312. The highest BCUT2D eigenvalue weighted by molar-refractivity contribution is 7.99. The summed E-state index contributed by atoms with van der Waals surface area (Å²) in [6.07, 6.45) is 0. The fourth-order valence-electron chi connectivity index (χ4n) is 2.26. The molecule has 1 amide bonds. The van der Waals surface area contributed by atoms with Crippen molar-refractivity contribution in [2.24, 2.45) is 0 Å². The number of nitrogens with one attached hydrogen (secondary N) is 1. The lowest BCUT2D eigenvalue weighted by Crippen LogP contribution is -2.14. The van der Waals surface area contributed by atoms with Crippen LogP contribution in [0.5, 0.6) is 0 Å². The molecule has 6 nitrogen and oxygen atoms in total. The van der Waals surface area contributed by atoms with Gasteiger partial charge < -0.3 is 14.6 Å². The molecule has 0 aliphatic heterocycles. The van der Waals surface area contributed by atoms with E-state index in [1.807, 2.05) is 36.6 Å². The van der Waals surface area contributed by atoms with E-state index in [0.29, 0.717) is 18.3 Å². The molecule has 3 rings (SSSR count). The summed E-state index contributed by atoms with van der Waals surface area (Å²) in [4.78, 5) is 21.0. The van der Waals surface area contributed by atoms with Crippen molar-refractivity contribution in [1.82, 2.24) is 14.5 Å². The molecular formula is C16H18N4O2S2. The molecule has 0 fully saturated rings. The number of amides is 1. The molecule has 0 bridgehead atoms. The van der Waals surface area contributed by atoms with E-state index < -0.39 is 0 Å². The molecule has 0 aliphatic rings. The van der Waals surface area contributed by atoms with Gasteiger partial charge in [-0.1, -0.05) is 23.9 Å². The Hall–Kier alpha value is -1.90. The zero-order valence-electron chi connectivity index (χ0n) is 13.5. The maximum Gasteiger partial charge on any atom is 0.236 e. The number of hydrogen-bond acceptors (Lipinski definition) is 6. The van der Waals surface area contributed by atoms with Crippen LogP contribution < -0.4 is 5.32 Å². The van der Waals surface area contributed by atoms with Gasteiger partial charge in [-0.15, -0.1) is 11.3 Å². The molecule has 2 aromatic heterocycles. The smallest absolute Gasteiger partial charge is 0.236 e. The van der Waals surface area contributed by atoms with Crippen molar-refractivity contribution in [2.45, 2.75) is 18.6 Å². The number of carbonyl (C=O) groups excluding carboxylic acids is 1. The number of benzene rings is 1. The number of fused-ring (bicyclic) bond motifs is 1. The monoisotopic (exact) mass is 362 g/mol. The van der Waals surface area contributed by atoms with E-state index in [-0.39, 0.29) is 11.7 Å². The van der Waals surface area contributed by atoms with Gasteiger partial charge in [-0.05, 0) is 19.1 Å². The van der Waals surface area contributed by atoms with Gasteiger partial charge in [0, 0.05) is 19.0 Å². The predicted molar refractivity (Wildman–Crippen MR) is 97.8 cm³/mol. The lowest BCUT2D eigenvalue weighted by atomic mass is 10.3. The van der Waals surface area contributed by atoms with Gasteiger partial charge in [-0.2, -0.15) is 0 Å². The molecule has 8 heteroatoms. The number of aromatic nitrogens is 3. The number of ether oxygens (including phenoxy) is 1. The molecule has 126 valence electrons. The molecule has 1 aromatic carbocycles. The lowest BCUT2D eigenvalue weighted by molar-refractivity contribution is -0.113. The molecule has 0 saturated carbocycles. The largest absolute Gasteiger partial charge is 0.383 e. The Morgan fingerprint density at radius 1 is 1.38 bits per heavy atom. The van der Waals surface area contributed by atoms with Crippen molar-refractivity contribution in [3.05, 3.63) is 35.3 Å². The van der Waals surface area contributed by atoms with E-state index in [1.54, 1.807) is 7.11 Å². The molecule has 0 radical (unpaired) electrons. The van der Waals surface area contributed by atoms with Crippen LogP contribution in [0.3, 0.4) is 0 Å². The Morgan fingerprint density at radius 2 is 2.21 bits per heavy atom. The molecule has 3 aromatic rings. The van der Waals surface area contributed by atoms with Crippen molar-refractivity contribution in [2.75, 3.05) is 24.8 Å². The summed E-state index contributed by atoms with van der Waals surface area (Å²) in [5.41, 5.74) is 2.88. The van der Waals surface area contributed by atoms with Gasteiger partial charge >= 0.3 is 0 Å². The van der Waals surface area contributed by atoms with Crippen molar-refractivity contribution in [3.63, 3.8) is 0 Å². The van der Waals surface area contributed by atoms with Gasteiger partial charge in [0.05, 0.1) is 29.1 Å². The van der Waals surface area contributed by atoms with Gasteiger partial charge in [-0.3, -0.25) is 4.79 Å². The molecule has 0 aliphatic carbocycles. The summed E-state index contributed by atoms with van der Waals surface area (Å²) in [7, 11) is 1.68. The van der Waals surface area contributed by atoms with Crippen LogP contribution in [0.15, 0.2) is 34.8 Å². The van der Waals surface area contributed by atoms with Crippen molar-refractivity contribution >= 4 is 45.2 Å². The van der Waals surface area contributed by atoms with Crippen molar-refractivity contribution in [1.29, 1.82) is 0 Å². The molecule has 0 spiro atoms. The number of thioether (sulfide) groups is 1. The number of imidazole rings is 1. The second-order valence-corrected chi connectivity index (χ2v) is 6.96. The van der Waals surface area contributed by atoms with Crippen LogP contribution in [0.2, 0.25) is 0 Å². The van der Waals surface area contributed by atoms with Crippen LogP contribution in [-0.4, -0.2) is 39.9 Å². The maximum absolute atomic E-state index is 12.1. The van der Waals surface area contributed by atoms with E-state index in [1.165, 1.54) is 23.1 Å². The van der Waals surface area contributed by atoms with E-state index in [0.717, 1.165) is 21.9 Å². The van der Waals surface area contributed by atoms with Gasteiger partial charge in [0.15, 0.2) is 10.3 Å². The lowest BCUT2D eigenvalue weighted by Gasteiger charge is -2.08. The van der Waals surface area contributed by atoms with Gasteiger partial charge in [-0.25, -0.2) is 9.97 Å². The van der Waals surface area contributed by atoms with Crippen LogP contribution in [0.4, 0.5) is 5.13 Å². The third-order valence-corrected chi connectivity index (χ3v) is 5.19. The number of para-hydroxylation sites is 2. The van der Waals surface area contributed by atoms with Gasteiger partial charge in [0.1, 0.15) is 0 Å². The second kappa shape index (κ2) is 7.78. The van der Waals surface area contributed by atoms with E-state index >= 15 is 0 Å². The number of carbonyl (C=O) groups is 1. The zero-order valence-corrected chi connectivity index (χ0v) is 15.1. The van der Waals surface area contributed by atoms with Crippen LogP contribution in [0.1, 0.15) is 5.69 Å². The van der Waals surface area contributed by atoms with E-state index in [2.05, 4.69) is 19.9 Å². The standard InChI is InChI=1S/C16H18N4O2S2/c1-11-9-23-15(17-11)19-14(21)10-24-16-18-12-5-3-4-6-13(12)20(16)7-8-22-2/h3-6,9H,7-8,10H2,1-2H3,(H,17,19,21). The number of aryl methyl sites for hydroxylation is 1. The first-order valence-electron chi connectivity index (χ1n) is 7.46. The summed E-state index contributed by atoms with van der Waals surface area (Å²) < 4.78 is 7.27. The van der Waals surface area contributed by atoms with Crippen LogP contribution in [0, 0.1) is 6.92 Å². The van der Waals surface area contributed by atoms with Gasteiger partial charge in [0.25, 0.3) is 0 Å². The minimum absolute atomic E-state index is 0.0836. The van der Waals surface area contributed by atoms with Crippen LogP contribution in [-0.2, 0) is 16.1 Å². The average Bonchev–Trinajstić information content (AvgIpc) is 3.14. The Labute approximate surface area is 148 Å². The maximum atomic E-state index is 12.1. The average molecular weight is 362 g/mol. The fourth-order valence-corrected chi connectivity index (χ4v) is 3.80. The summed E-state index contributed by atoms with van der Waals surface area (Å²) in [6, 6.07) is 7.95. The quantitative estimate of drug-likeness (QED) is 0.654. The first kappa shape index (κ1) is 16.9. The van der Waals surface area contributed by atoms with Crippen LogP contribution >= 0.6 is 23.1 Å². The predicted octanol–water partition coefficient (Wildman–Crippen LogP) is 3.18. The van der Waals surface area contributed by atoms with Gasteiger partial charge in [0.2, 0.25) is 5.91 Å². The summed E-state index contributed by atoms with van der Waals surface area (Å²) in [5, 5.41) is 6.17. The summed E-state index contributed by atoms with van der Waals surface area (Å²) in [5.74, 6) is 0.203. The van der Waals surface area contributed by atoms with E-state index in [4.69, 9.17) is 4.74 Å². The Bertz CT molecular complexity index is 844. The highest BCUT2D eigenvalue weighted by Gasteiger charge is 2.13. The van der Waals surface area contributed by atoms with Crippen LogP contribution in [0.25, 0.3) is 11.0 Å². The zero-order chi connectivity index (χ0) is 16.9. The van der Waals surface area contributed by atoms with E-state index in [9.17, 15) is 4.79 Å². The molecule has 1 N–H and O–H groups in total. The molecule has 0 saturated heterocycles. The number of anilines is 1. The number of thiazole rings is 1. The van der Waals surface area contributed by atoms with Crippen molar-refractivity contribution < 1.29 is 9.53 Å². The first-order valence-corrected chi connectivity index (χ1v) is 9.33. The molecule has 2 heterocycles. The highest BCUT2D eigenvalue weighted by Crippen LogP contribution is 2.24. The normalized spacial score (nSPS) is 11.1.